The van der Waals surface area contributed by atoms with Gasteiger partial charge in [0.15, 0.2) is 16.3 Å². The predicted molar refractivity (Wildman–Crippen MR) is 112 cm³/mol. The van der Waals surface area contributed by atoms with E-state index in [1.165, 1.54) is 4.57 Å². The lowest BCUT2D eigenvalue weighted by molar-refractivity contribution is 0.414. The monoisotopic (exact) mass is 402 g/mol. The van der Waals surface area contributed by atoms with Gasteiger partial charge in [0.2, 0.25) is 0 Å². The molecule has 0 saturated heterocycles. The lowest BCUT2D eigenvalue weighted by Gasteiger charge is -2.10. The zero-order chi connectivity index (χ0) is 20.3. The van der Waals surface area contributed by atoms with E-state index in [0.29, 0.717) is 23.6 Å². The van der Waals surface area contributed by atoms with Crippen LogP contribution in [0.2, 0.25) is 0 Å². The average molecular weight is 403 g/mol. The second-order valence-corrected chi connectivity index (χ2v) is 8.23. The topological polar surface area (TPSA) is 81.9 Å². The van der Waals surface area contributed by atoms with E-state index in [4.69, 9.17) is 4.74 Å². The molecule has 0 aliphatic carbocycles. The van der Waals surface area contributed by atoms with Crippen LogP contribution >= 0.6 is 11.8 Å². The van der Waals surface area contributed by atoms with Gasteiger partial charge >= 0.3 is 5.69 Å². The molecular weight excluding hydrogens is 376 g/mol. The summed E-state index contributed by atoms with van der Waals surface area (Å²) in [6, 6.07) is 7.89. The van der Waals surface area contributed by atoms with Crippen molar-refractivity contribution in [3.63, 3.8) is 0 Å². The SMILES string of the molecule is COc1ccc(CCn2c(SCCC(C)C)nc3c2c(=O)[nH]c(=O)n3C)cc1. The number of nitrogens with one attached hydrogen (secondary N) is 1. The molecule has 0 fully saturated rings. The Hall–Kier alpha value is -2.48. The van der Waals surface area contributed by atoms with Crippen LogP contribution in [0.5, 0.6) is 5.75 Å². The second-order valence-electron chi connectivity index (χ2n) is 7.17. The fourth-order valence-corrected chi connectivity index (χ4v) is 4.21. The molecule has 0 unspecified atom stereocenters. The molecule has 28 heavy (non-hydrogen) atoms. The van der Waals surface area contributed by atoms with E-state index < -0.39 is 11.2 Å². The predicted octanol–water partition coefficient (Wildman–Crippen LogP) is 2.81. The van der Waals surface area contributed by atoms with Crippen molar-refractivity contribution in [1.29, 1.82) is 0 Å². The third kappa shape index (κ3) is 4.32. The molecule has 1 N–H and O–H groups in total. The van der Waals surface area contributed by atoms with Crippen molar-refractivity contribution in [1.82, 2.24) is 19.1 Å². The molecule has 3 rings (SSSR count). The van der Waals surface area contributed by atoms with E-state index in [1.807, 2.05) is 28.8 Å². The van der Waals surface area contributed by atoms with Crippen LogP contribution in [0.15, 0.2) is 39.0 Å². The Morgan fingerprint density at radius 3 is 2.57 bits per heavy atom. The highest BCUT2D eigenvalue weighted by Gasteiger charge is 2.17. The molecule has 1 aromatic carbocycles. The molecule has 150 valence electrons. The smallest absolute Gasteiger partial charge is 0.329 e. The molecule has 2 heterocycles. The fraction of sp³-hybridized carbons (Fsp3) is 0.450. The number of aryl methyl sites for hydroxylation is 3. The average Bonchev–Trinajstić information content (AvgIpc) is 3.04. The molecule has 0 spiro atoms. The van der Waals surface area contributed by atoms with E-state index in [1.54, 1.807) is 25.9 Å². The van der Waals surface area contributed by atoms with Crippen molar-refractivity contribution in [3.05, 3.63) is 50.7 Å². The lowest BCUT2D eigenvalue weighted by Crippen LogP contribution is -2.29. The summed E-state index contributed by atoms with van der Waals surface area (Å²) < 4.78 is 8.53. The number of aromatic amines is 1. The van der Waals surface area contributed by atoms with E-state index >= 15 is 0 Å². The minimum Gasteiger partial charge on any atom is -0.497 e. The summed E-state index contributed by atoms with van der Waals surface area (Å²) >= 11 is 1.63. The van der Waals surface area contributed by atoms with Gasteiger partial charge in [-0.05, 0) is 36.5 Å². The number of benzene rings is 1. The first kappa shape index (κ1) is 20.3. The molecular formula is C20H26N4O3S. The van der Waals surface area contributed by atoms with Crippen molar-refractivity contribution >= 4 is 22.9 Å². The maximum absolute atomic E-state index is 12.5. The fourth-order valence-electron chi connectivity index (χ4n) is 2.95. The number of imidazole rings is 1. The zero-order valence-corrected chi connectivity index (χ0v) is 17.5. The number of methoxy groups -OCH3 is 1. The second kappa shape index (κ2) is 8.68. The molecule has 0 saturated carbocycles. The van der Waals surface area contributed by atoms with Gasteiger partial charge in [0, 0.05) is 19.3 Å². The minimum atomic E-state index is -0.448. The first-order chi connectivity index (χ1) is 13.4. The van der Waals surface area contributed by atoms with Gasteiger partial charge in [-0.2, -0.15) is 0 Å². The van der Waals surface area contributed by atoms with Crippen LogP contribution in [0.25, 0.3) is 11.2 Å². The first-order valence-electron chi connectivity index (χ1n) is 9.36. The molecule has 3 aromatic rings. The van der Waals surface area contributed by atoms with Crippen molar-refractivity contribution in [2.24, 2.45) is 13.0 Å². The van der Waals surface area contributed by atoms with Gasteiger partial charge in [-0.3, -0.25) is 14.3 Å². The number of fused-ring (bicyclic) bond motifs is 1. The maximum atomic E-state index is 12.5. The Labute approximate surface area is 167 Å². The van der Waals surface area contributed by atoms with Crippen LogP contribution in [0.4, 0.5) is 0 Å². The number of thioether (sulfide) groups is 1. The van der Waals surface area contributed by atoms with Gasteiger partial charge in [-0.25, -0.2) is 9.78 Å². The number of rotatable bonds is 8. The normalized spacial score (nSPS) is 11.5. The molecule has 0 bridgehead atoms. The highest BCUT2D eigenvalue weighted by Crippen LogP contribution is 2.24. The van der Waals surface area contributed by atoms with E-state index in [-0.39, 0.29) is 0 Å². The highest BCUT2D eigenvalue weighted by atomic mass is 32.2. The van der Waals surface area contributed by atoms with Crippen LogP contribution in [0.3, 0.4) is 0 Å². The lowest BCUT2D eigenvalue weighted by atomic mass is 10.1. The Morgan fingerprint density at radius 1 is 1.21 bits per heavy atom. The Bertz CT molecular complexity index is 1060. The molecule has 0 aliphatic rings. The first-order valence-corrected chi connectivity index (χ1v) is 10.3. The largest absolute Gasteiger partial charge is 0.497 e. The Kier molecular flexibility index (Phi) is 6.28. The number of ether oxygens (including phenoxy) is 1. The Morgan fingerprint density at radius 2 is 1.93 bits per heavy atom. The van der Waals surface area contributed by atoms with Crippen molar-refractivity contribution < 1.29 is 4.74 Å². The minimum absolute atomic E-state index is 0.393. The number of H-pyrrole nitrogens is 1. The van der Waals surface area contributed by atoms with Crippen molar-refractivity contribution in [2.75, 3.05) is 12.9 Å². The summed E-state index contributed by atoms with van der Waals surface area (Å²) in [7, 11) is 3.27. The van der Waals surface area contributed by atoms with Gasteiger partial charge in [-0.15, -0.1) is 0 Å². The maximum Gasteiger partial charge on any atom is 0.329 e. The van der Waals surface area contributed by atoms with Crippen LogP contribution in [0.1, 0.15) is 25.8 Å². The summed E-state index contributed by atoms with van der Waals surface area (Å²) in [6.45, 7) is 4.97. The molecule has 7 nitrogen and oxygen atoms in total. The standard InChI is InChI=1S/C20H26N4O3S/c1-13(2)10-12-28-20-21-17-16(18(25)22-19(26)23(17)3)24(20)11-9-14-5-7-15(27-4)8-6-14/h5-8,13H,9-12H2,1-4H3,(H,22,25,26). The quantitative estimate of drug-likeness (QED) is 0.586. The van der Waals surface area contributed by atoms with Crippen LogP contribution < -0.4 is 16.0 Å². The van der Waals surface area contributed by atoms with Crippen LogP contribution in [0, 0.1) is 5.92 Å². The molecule has 2 aromatic heterocycles. The van der Waals surface area contributed by atoms with E-state index in [2.05, 4.69) is 23.8 Å². The number of hydrogen-bond acceptors (Lipinski definition) is 5. The molecule has 0 atom stereocenters. The number of aromatic nitrogens is 4. The van der Waals surface area contributed by atoms with Gasteiger partial charge in [-0.1, -0.05) is 37.7 Å². The van der Waals surface area contributed by atoms with Gasteiger partial charge < -0.3 is 9.30 Å². The molecule has 8 heteroatoms. The Balaban J connectivity index is 1.95. The number of hydrogen-bond donors (Lipinski definition) is 1. The molecule has 0 radical (unpaired) electrons. The summed E-state index contributed by atoms with van der Waals surface area (Å²) in [5, 5.41) is 0.774. The number of nitrogens with zero attached hydrogens (tertiary/aromatic N) is 3. The summed E-state index contributed by atoms with van der Waals surface area (Å²) in [6.07, 6.45) is 1.80. The van der Waals surface area contributed by atoms with Crippen LogP contribution in [-0.2, 0) is 20.0 Å². The van der Waals surface area contributed by atoms with Gasteiger partial charge in [0.1, 0.15) is 5.75 Å². The zero-order valence-electron chi connectivity index (χ0n) is 16.7. The van der Waals surface area contributed by atoms with Crippen molar-refractivity contribution in [3.8, 4) is 5.75 Å². The third-order valence-corrected chi connectivity index (χ3v) is 5.69. The van der Waals surface area contributed by atoms with Crippen LogP contribution in [-0.4, -0.2) is 32.0 Å². The molecule has 0 aliphatic heterocycles. The molecule has 0 amide bonds. The summed E-state index contributed by atoms with van der Waals surface area (Å²) in [4.78, 5) is 31.5. The van der Waals surface area contributed by atoms with E-state index in [9.17, 15) is 9.59 Å². The van der Waals surface area contributed by atoms with E-state index in [0.717, 1.165) is 35.1 Å². The van der Waals surface area contributed by atoms with Gasteiger partial charge in [0.05, 0.1) is 7.11 Å². The van der Waals surface area contributed by atoms with Gasteiger partial charge in [0.25, 0.3) is 5.56 Å². The summed E-state index contributed by atoms with van der Waals surface area (Å²) in [5.74, 6) is 2.32. The highest BCUT2D eigenvalue weighted by molar-refractivity contribution is 7.99. The summed E-state index contributed by atoms with van der Waals surface area (Å²) in [5.41, 5.74) is 1.17. The third-order valence-electron chi connectivity index (χ3n) is 4.68. The van der Waals surface area contributed by atoms with Crippen molar-refractivity contribution in [2.45, 2.75) is 38.4 Å².